The lowest BCUT2D eigenvalue weighted by atomic mass is 9.85. The van der Waals surface area contributed by atoms with Gasteiger partial charge in [0.2, 0.25) is 21.8 Å². The van der Waals surface area contributed by atoms with Gasteiger partial charge in [-0.05, 0) is 48.6 Å². The molecule has 3 heterocycles. The number of carbonyl (C=O) groups is 5. The zero-order chi connectivity index (χ0) is 38.3. The standard InChI is InChI=1S/C37H48N4O11S/c1-6-23-17-37(23,33(44)39-53(47,48)25-11-12-25)18-28(42)27-16-24-20-41(27)32(43)31(36(2,3)4)38-34(45)51-15-9-7-8-14-50-30-26-21-40(35(46)52-24)19-22(26)10-13-29(30)49-5/h6-8,10,13,23-25,27,31H,1,9,11-12,14-21H2,2-5H3,(H,38,45)(H,39,44)/b8-7+/t23-,24+,27?,31+,37-/m0/s1. The molecule has 2 aliphatic carbocycles. The number of ether oxygens (including phenoxy) is 4. The molecule has 6 rings (SSSR count). The van der Waals surface area contributed by atoms with E-state index in [1.54, 1.807) is 39.0 Å². The fourth-order valence-corrected chi connectivity index (χ4v) is 8.72. The Kier molecular flexibility index (Phi) is 10.6. The molecule has 288 valence electrons. The van der Waals surface area contributed by atoms with Gasteiger partial charge in [-0.2, -0.15) is 0 Å². The van der Waals surface area contributed by atoms with Crippen molar-refractivity contribution in [3.05, 3.63) is 48.1 Å². The number of methoxy groups -OCH3 is 1. The summed E-state index contributed by atoms with van der Waals surface area (Å²) in [4.78, 5) is 71.6. The average molecular weight is 757 g/mol. The van der Waals surface area contributed by atoms with Gasteiger partial charge in [0.15, 0.2) is 17.3 Å². The second-order valence-electron chi connectivity index (χ2n) is 15.5. The zero-order valence-electron chi connectivity index (χ0n) is 30.6. The highest BCUT2D eigenvalue weighted by molar-refractivity contribution is 7.90. The molecular formula is C37H48N4O11S. The van der Waals surface area contributed by atoms with E-state index in [1.165, 1.54) is 23.0 Å². The average Bonchev–Trinajstić information content (AvgIpc) is 3.99. The Balaban J connectivity index is 1.28. The molecule has 15 nitrogen and oxygen atoms in total. The van der Waals surface area contributed by atoms with Gasteiger partial charge in [0.05, 0.1) is 43.5 Å². The Hall–Kier alpha value is -4.60. The van der Waals surface area contributed by atoms with Crippen molar-refractivity contribution in [2.75, 3.05) is 26.9 Å². The first-order chi connectivity index (χ1) is 25.1. The van der Waals surface area contributed by atoms with E-state index >= 15 is 0 Å². The molecule has 0 radical (unpaired) electrons. The lowest BCUT2D eigenvalue weighted by Gasteiger charge is -2.35. The van der Waals surface area contributed by atoms with Crippen LogP contribution in [-0.2, 0) is 47.0 Å². The molecule has 5 aliphatic rings. The predicted molar refractivity (Wildman–Crippen MR) is 190 cm³/mol. The Morgan fingerprint density at radius 3 is 2.55 bits per heavy atom. The lowest BCUT2D eigenvalue weighted by Crippen LogP contribution is -2.57. The maximum absolute atomic E-state index is 14.4. The van der Waals surface area contributed by atoms with Crippen LogP contribution >= 0.6 is 0 Å². The number of Topliss-reactive ketones (excluding diaryl/α,β-unsaturated/α-hetero) is 1. The molecular weight excluding hydrogens is 708 g/mol. The van der Waals surface area contributed by atoms with E-state index in [9.17, 15) is 32.4 Å². The molecule has 3 aliphatic heterocycles. The number of benzene rings is 1. The molecule has 1 unspecified atom stereocenters. The fraction of sp³-hybridized carbons (Fsp3) is 0.595. The van der Waals surface area contributed by atoms with Gasteiger partial charge in [-0.25, -0.2) is 18.0 Å². The van der Waals surface area contributed by atoms with Crippen molar-refractivity contribution < 1.29 is 51.3 Å². The van der Waals surface area contributed by atoms with Gasteiger partial charge < -0.3 is 29.2 Å². The first kappa shape index (κ1) is 38.1. The summed E-state index contributed by atoms with van der Waals surface area (Å²) in [6.07, 6.45) is 3.79. The van der Waals surface area contributed by atoms with Crippen LogP contribution in [0.4, 0.5) is 9.59 Å². The molecule has 2 saturated carbocycles. The molecule has 2 N–H and O–H groups in total. The third-order valence-electron chi connectivity index (χ3n) is 10.6. The number of allylic oxidation sites excluding steroid dienone is 1. The molecule has 5 atom stereocenters. The molecule has 0 aromatic heterocycles. The number of nitrogens with zero attached hydrogens (tertiary/aromatic N) is 2. The molecule has 1 aromatic rings. The van der Waals surface area contributed by atoms with Crippen LogP contribution < -0.4 is 19.5 Å². The van der Waals surface area contributed by atoms with E-state index in [1.807, 2.05) is 6.07 Å². The van der Waals surface area contributed by atoms with E-state index in [-0.39, 0.29) is 52.1 Å². The fourth-order valence-electron chi connectivity index (χ4n) is 7.34. The summed E-state index contributed by atoms with van der Waals surface area (Å²) in [6.45, 7) is 9.54. The van der Waals surface area contributed by atoms with Crippen molar-refractivity contribution in [2.45, 2.75) is 95.8 Å². The number of alkyl carbamates (subject to hydrolysis) is 1. The van der Waals surface area contributed by atoms with Gasteiger partial charge in [0.1, 0.15) is 18.8 Å². The molecule has 1 aromatic carbocycles. The van der Waals surface area contributed by atoms with E-state index in [4.69, 9.17) is 18.9 Å². The highest BCUT2D eigenvalue weighted by Crippen LogP contribution is 2.57. The summed E-state index contributed by atoms with van der Waals surface area (Å²) < 4.78 is 50.5. The van der Waals surface area contributed by atoms with Gasteiger partial charge in [0.25, 0.3) is 0 Å². The van der Waals surface area contributed by atoms with Crippen LogP contribution in [0.1, 0.15) is 70.4 Å². The maximum atomic E-state index is 14.4. The van der Waals surface area contributed by atoms with Crippen molar-refractivity contribution in [3.63, 3.8) is 0 Å². The highest BCUT2D eigenvalue weighted by Gasteiger charge is 2.61. The normalized spacial score (nSPS) is 28.5. The highest BCUT2D eigenvalue weighted by atomic mass is 32.2. The number of rotatable bonds is 8. The van der Waals surface area contributed by atoms with E-state index in [0.717, 1.165) is 11.1 Å². The van der Waals surface area contributed by atoms with Crippen LogP contribution in [-0.4, -0.2) is 98.3 Å². The number of hydrogen-bond donors (Lipinski definition) is 2. The second-order valence-corrected chi connectivity index (χ2v) is 17.5. The molecule has 53 heavy (non-hydrogen) atoms. The van der Waals surface area contributed by atoms with Crippen LogP contribution in [0.15, 0.2) is 36.9 Å². The molecule has 4 amide bonds. The Bertz CT molecular complexity index is 1820. The molecule has 4 bridgehead atoms. The quantitative estimate of drug-likeness (QED) is 0.371. The number of amides is 4. The Morgan fingerprint density at radius 2 is 1.89 bits per heavy atom. The Morgan fingerprint density at radius 1 is 1.13 bits per heavy atom. The zero-order valence-corrected chi connectivity index (χ0v) is 31.4. The monoisotopic (exact) mass is 756 g/mol. The number of sulfonamides is 1. The first-order valence-electron chi connectivity index (χ1n) is 17.9. The summed E-state index contributed by atoms with van der Waals surface area (Å²) in [6, 6.07) is 1.34. The number of ketones is 1. The first-order valence-corrected chi connectivity index (χ1v) is 19.5. The van der Waals surface area contributed by atoms with Crippen LogP contribution in [0.3, 0.4) is 0 Å². The predicted octanol–water partition coefficient (Wildman–Crippen LogP) is 3.36. The minimum absolute atomic E-state index is 0.0281. The van der Waals surface area contributed by atoms with Crippen LogP contribution in [0.25, 0.3) is 0 Å². The lowest BCUT2D eigenvalue weighted by molar-refractivity contribution is -0.142. The molecule has 0 spiro atoms. The van der Waals surface area contributed by atoms with Crippen molar-refractivity contribution >= 4 is 39.8 Å². The molecule has 3 fully saturated rings. The van der Waals surface area contributed by atoms with Crippen LogP contribution in [0, 0.1) is 16.7 Å². The van der Waals surface area contributed by atoms with Crippen molar-refractivity contribution in [2.24, 2.45) is 16.7 Å². The number of carbonyl (C=O) groups excluding carboxylic acids is 5. The smallest absolute Gasteiger partial charge is 0.410 e. The minimum Gasteiger partial charge on any atom is -0.493 e. The number of cyclic esters (lactones) is 1. The van der Waals surface area contributed by atoms with Gasteiger partial charge in [0, 0.05) is 24.9 Å². The molecule has 16 heteroatoms. The van der Waals surface area contributed by atoms with Gasteiger partial charge in [-0.1, -0.05) is 45.1 Å². The number of fused-ring (bicyclic) bond motifs is 3. The molecule has 1 saturated heterocycles. The topological polar surface area (TPSA) is 187 Å². The van der Waals surface area contributed by atoms with E-state index in [2.05, 4.69) is 16.6 Å². The summed E-state index contributed by atoms with van der Waals surface area (Å²) in [5.41, 5.74) is -0.573. The third-order valence-corrected chi connectivity index (χ3v) is 12.5. The summed E-state index contributed by atoms with van der Waals surface area (Å²) in [5.74, 6) is -1.32. The van der Waals surface area contributed by atoms with Crippen LogP contribution in [0.2, 0.25) is 0 Å². The number of hydrogen-bond acceptors (Lipinski definition) is 11. The largest absolute Gasteiger partial charge is 0.493 e. The summed E-state index contributed by atoms with van der Waals surface area (Å²) in [5, 5.41) is 2.03. The Labute approximate surface area is 309 Å². The number of nitrogens with one attached hydrogen (secondary N) is 2. The second kappa shape index (κ2) is 14.7. The van der Waals surface area contributed by atoms with Crippen LogP contribution in [0.5, 0.6) is 11.5 Å². The van der Waals surface area contributed by atoms with E-state index < -0.39 is 80.0 Å². The maximum Gasteiger partial charge on any atom is 0.410 e. The van der Waals surface area contributed by atoms with Crippen molar-refractivity contribution in [3.8, 4) is 11.5 Å². The minimum atomic E-state index is -3.89. The summed E-state index contributed by atoms with van der Waals surface area (Å²) >= 11 is 0. The van der Waals surface area contributed by atoms with Crippen molar-refractivity contribution in [1.29, 1.82) is 0 Å². The van der Waals surface area contributed by atoms with Gasteiger partial charge >= 0.3 is 12.2 Å². The van der Waals surface area contributed by atoms with Crippen molar-refractivity contribution in [1.82, 2.24) is 19.8 Å². The SMILES string of the molecule is C=C[C@H]1C[C@@]1(CC(=O)C1C[C@@H]2CN1C(=O)[C@H](C(C)(C)C)NC(=O)OCC/C=C/COc1c(OC)ccc3c1CN(C3)C(=O)O2)C(=O)NS(=O)(=O)C1CC1. The van der Waals surface area contributed by atoms with Gasteiger partial charge in [-0.15, -0.1) is 6.58 Å². The summed E-state index contributed by atoms with van der Waals surface area (Å²) in [7, 11) is -2.36. The van der Waals surface area contributed by atoms with E-state index in [0.29, 0.717) is 30.8 Å². The third kappa shape index (κ3) is 8.02. The van der Waals surface area contributed by atoms with Gasteiger partial charge in [-0.3, -0.25) is 24.0 Å².